The van der Waals surface area contributed by atoms with E-state index in [9.17, 15) is 0 Å². The van der Waals surface area contributed by atoms with Crippen molar-refractivity contribution in [3.8, 4) is 0 Å². The third-order valence-electron chi connectivity index (χ3n) is 2.07. The normalized spacial score (nSPS) is 9.71. The van der Waals surface area contributed by atoms with Crippen molar-refractivity contribution in [3.05, 3.63) is 54.9 Å². The van der Waals surface area contributed by atoms with Crippen molar-refractivity contribution in [1.82, 2.24) is 10.2 Å². The van der Waals surface area contributed by atoms with Crippen LogP contribution in [0.5, 0.6) is 0 Å². The lowest BCUT2D eigenvalue weighted by molar-refractivity contribution is 0.974. The second kappa shape index (κ2) is 5.22. The van der Waals surface area contributed by atoms with Gasteiger partial charge in [-0.15, -0.1) is 19.7 Å². The molecule has 74 valence electrons. The van der Waals surface area contributed by atoms with Gasteiger partial charge in [0.2, 0.25) is 0 Å². The Hall–Kier alpha value is -1.57. The van der Waals surface area contributed by atoms with E-state index in [0.29, 0.717) is 0 Å². The summed E-state index contributed by atoms with van der Waals surface area (Å²) in [6.45, 7) is 11.2. The second-order valence-electron chi connectivity index (χ2n) is 3.11. The third-order valence-corrected chi connectivity index (χ3v) is 2.07. The summed E-state index contributed by atoms with van der Waals surface area (Å²) in [5, 5.41) is 7.28. The lowest BCUT2D eigenvalue weighted by atomic mass is 10.1. The van der Waals surface area contributed by atoms with Crippen molar-refractivity contribution in [2.75, 3.05) is 0 Å². The molecule has 1 heterocycles. The minimum Gasteiger partial charge on any atom is -0.282 e. The fraction of sp³-hybridized carbons (Fsp3) is 0.250. The van der Waals surface area contributed by atoms with Crippen molar-refractivity contribution in [3.63, 3.8) is 0 Å². The Morgan fingerprint density at radius 1 is 1.00 bits per heavy atom. The van der Waals surface area contributed by atoms with Gasteiger partial charge in [0, 0.05) is 24.1 Å². The number of H-pyrrole nitrogens is 1. The number of rotatable bonds is 6. The summed E-state index contributed by atoms with van der Waals surface area (Å²) in [6, 6.07) is 0. The molecule has 0 unspecified atom stereocenters. The van der Waals surface area contributed by atoms with E-state index in [1.807, 2.05) is 18.2 Å². The van der Waals surface area contributed by atoms with Gasteiger partial charge in [-0.2, -0.15) is 5.10 Å². The van der Waals surface area contributed by atoms with Crippen molar-refractivity contribution in [2.24, 2.45) is 0 Å². The molecule has 0 aliphatic rings. The molecule has 0 aliphatic carbocycles. The Balaban J connectivity index is 2.98. The monoisotopic (exact) mass is 188 g/mol. The van der Waals surface area contributed by atoms with Crippen LogP contribution in [0.15, 0.2) is 38.0 Å². The molecular formula is C12H16N2. The smallest absolute Gasteiger partial charge is 0.0697 e. The minimum absolute atomic E-state index is 0.802. The molecule has 2 nitrogen and oxygen atoms in total. The first-order chi connectivity index (χ1) is 6.83. The summed E-state index contributed by atoms with van der Waals surface area (Å²) in [4.78, 5) is 0. The molecule has 1 N–H and O–H groups in total. The van der Waals surface area contributed by atoms with E-state index in [2.05, 4.69) is 29.9 Å². The molecule has 0 amide bonds. The van der Waals surface area contributed by atoms with E-state index in [0.717, 1.165) is 30.7 Å². The molecule has 0 saturated heterocycles. The molecule has 14 heavy (non-hydrogen) atoms. The average molecular weight is 188 g/mol. The second-order valence-corrected chi connectivity index (χ2v) is 3.11. The van der Waals surface area contributed by atoms with Crippen LogP contribution in [0, 0.1) is 0 Å². The van der Waals surface area contributed by atoms with Crippen LogP contribution in [0.4, 0.5) is 0 Å². The molecule has 0 bridgehead atoms. The molecule has 2 heteroatoms. The van der Waals surface area contributed by atoms with E-state index in [1.165, 1.54) is 5.56 Å². The van der Waals surface area contributed by atoms with Crippen molar-refractivity contribution < 1.29 is 0 Å². The maximum Gasteiger partial charge on any atom is 0.0697 e. The largest absolute Gasteiger partial charge is 0.282 e. The summed E-state index contributed by atoms with van der Waals surface area (Å²) in [6.07, 6.45) is 8.11. The maximum atomic E-state index is 4.25. The number of aromatic amines is 1. The molecular weight excluding hydrogens is 172 g/mol. The van der Waals surface area contributed by atoms with Crippen molar-refractivity contribution >= 4 is 0 Å². The van der Waals surface area contributed by atoms with Gasteiger partial charge in [0.15, 0.2) is 0 Å². The van der Waals surface area contributed by atoms with Crippen molar-refractivity contribution in [2.45, 2.75) is 19.3 Å². The topological polar surface area (TPSA) is 28.7 Å². The quantitative estimate of drug-likeness (QED) is 0.683. The Bertz CT molecular complexity index is 307. The number of nitrogens with one attached hydrogen (secondary N) is 1. The zero-order valence-electron chi connectivity index (χ0n) is 8.42. The van der Waals surface area contributed by atoms with E-state index in [4.69, 9.17) is 0 Å². The Morgan fingerprint density at radius 2 is 1.64 bits per heavy atom. The SMILES string of the molecule is C=CCc1n[nH]c(CC=C)c1CC=C. The fourth-order valence-corrected chi connectivity index (χ4v) is 1.45. The first-order valence-corrected chi connectivity index (χ1v) is 4.71. The van der Waals surface area contributed by atoms with E-state index < -0.39 is 0 Å². The van der Waals surface area contributed by atoms with Gasteiger partial charge in [-0.3, -0.25) is 5.10 Å². The number of nitrogens with zero attached hydrogens (tertiary/aromatic N) is 1. The molecule has 0 aliphatic heterocycles. The summed E-state index contributed by atoms with van der Waals surface area (Å²) < 4.78 is 0. The number of allylic oxidation sites excluding steroid dienone is 3. The lowest BCUT2D eigenvalue weighted by Gasteiger charge is -1.99. The predicted octanol–water partition coefficient (Wildman–Crippen LogP) is 2.60. The molecule has 0 atom stereocenters. The third kappa shape index (κ3) is 2.22. The van der Waals surface area contributed by atoms with Gasteiger partial charge in [-0.25, -0.2) is 0 Å². The average Bonchev–Trinajstić information content (AvgIpc) is 2.52. The Morgan fingerprint density at radius 3 is 2.21 bits per heavy atom. The highest BCUT2D eigenvalue weighted by molar-refractivity contribution is 5.30. The predicted molar refractivity (Wildman–Crippen MR) is 60.3 cm³/mol. The van der Waals surface area contributed by atoms with Gasteiger partial charge in [0.25, 0.3) is 0 Å². The number of hydrogen-bond donors (Lipinski definition) is 1. The molecule has 1 aromatic rings. The summed E-state index contributed by atoms with van der Waals surface area (Å²) in [5.41, 5.74) is 3.44. The van der Waals surface area contributed by atoms with Crippen LogP contribution in [0.2, 0.25) is 0 Å². The Kier molecular flexibility index (Phi) is 3.92. The van der Waals surface area contributed by atoms with Crippen LogP contribution in [0.25, 0.3) is 0 Å². The molecule has 0 saturated carbocycles. The van der Waals surface area contributed by atoms with E-state index >= 15 is 0 Å². The van der Waals surface area contributed by atoms with Gasteiger partial charge < -0.3 is 0 Å². The zero-order valence-corrected chi connectivity index (χ0v) is 8.42. The molecule has 0 radical (unpaired) electrons. The first-order valence-electron chi connectivity index (χ1n) is 4.71. The molecule has 0 spiro atoms. The van der Waals surface area contributed by atoms with Gasteiger partial charge >= 0.3 is 0 Å². The molecule has 0 aromatic carbocycles. The Labute approximate surface area is 85.0 Å². The summed E-state index contributed by atoms with van der Waals surface area (Å²) in [7, 11) is 0. The van der Waals surface area contributed by atoms with Crippen LogP contribution in [-0.2, 0) is 19.3 Å². The van der Waals surface area contributed by atoms with Gasteiger partial charge in [-0.05, 0) is 6.42 Å². The summed E-state index contributed by atoms with van der Waals surface area (Å²) >= 11 is 0. The molecule has 0 fully saturated rings. The van der Waals surface area contributed by atoms with Gasteiger partial charge in [0.05, 0.1) is 5.69 Å². The molecule has 1 aromatic heterocycles. The van der Waals surface area contributed by atoms with Gasteiger partial charge in [-0.1, -0.05) is 18.2 Å². The highest BCUT2D eigenvalue weighted by Crippen LogP contribution is 2.14. The fourth-order valence-electron chi connectivity index (χ4n) is 1.45. The van der Waals surface area contributed by atoms with Gasteiger partial charge in [0.1, 0.15) is 0 Å². The zero-order chi connectivity index (χ0) is 10.4. The van der Waals surface area contributed by atoms with Crippen LogP contribution >= 0.6 is 0 Å². The standard InChI is InChI=1S/C12H16N2/c1-4-7-10-11(8-5-2)13-14-12(10)9-6-3/h4-6H,1-3,7-9H2,(H,13,14). The van der Waals surface area contributed by atoms with E-state index in [-0.39, 0.29) is 0 Å². The van der Waals surface area contributed by atoms with E-state index in [1.54, 1.807) is 0 Å². The number of aromatic nitrogens is 2. The highest BCUT2D eigenvalue weighted by atomic mass is 15.1. The minimum atomic E-state index is 0.802. The van der Waals surface area contributed by atoms with Crippen LogP contribution in [0.3, 0.4) is 0 Å². The maximum absolute atomic E-state index is 4.25. The molecule has 1 rings (SSSR count). The number of hydrogen-bond acceptors (Lipinski definition) is 1. The highest BCUT2D eigenvalue weighted by Gasteiger charge is 2.08. The van der Waals surface area contributed by atoms with Crippen LogP contribution in [0.1, 0.15) is 17.0 Å². The first kappa shape index (κ1) is 10.5. The summed E-state index contributed by atoms with van der Waals surface area (Å²) in [5.74, 6) is 0. The lowest BCUT2D eigenvalue weighted by Crippen LogP contribution is -1.92. The van der Waals surface area contributed by atoms with Crippen LogP contribution < -0.4 is 0 Å². The van der Waals surface area contributed by atoms with Crippen molar-refractivity contribution in [1.29, 1.82) is 0 Å². The van der Waals surface area contributed by atoms with Crippen LogP contribution in [-0.4, -0.2) is 10.2 Å².